The molecule has 0 heterocycles. The normalized spacial score (nSPS) is 14.5. The van der Waals surface area contributed by atoms with Crippen LogP contribution in [-0.4, -0.2) is 19.1 Å². The van der Waals surface area contributed by atoms with Crippen LogP contribution in [0.25, 0.3) is 0 Å². The second kappa shape index (κ2) is 8.00. The zero-order chi connectivity index (χ0) is 16.8. The van der Waals surface area contributed by atoms with E-state index in [1.165, 1.54) is 29.5 Å². The van der Waals surface area contributed by atoms with E-state index in [1.807, 2.05) is 24.3 Å². The lowest BCUT2D eigenvalue weighted by molar-refractivity contribution is -0.123. The van der Waals surface area contributed by atoms with Gasteiger partial charge in [0.1, 0.15) is 5.75 Å². The van der Waals surface area contributed by atoms with Gasteiger partial charge in [-0.2, -0.15) is 0 Å². The Labute approximate surface area is 144 Å². The minimum absolute atomic E-state index is 0.0697. The van der Waals surface area contributed by atoms with Gasteiger partial charge in [-0.3, -0.25) is 4.79 Å². The molecular formula is C21H25NO2. The summed E-state index contributed by atoms with van der Waals surface area (Å²) < 4.78 is 5.66. The van der Waals surface area contributed by atoms with Crippen molar-refractivity contribution in [1.29, 1.82) is 0 Å². The molecule has 0 aromatic heterocycles. The number of ether oxygens (including phenoxy) is 1. The van der Waals surface area contributed by atoms with E-state index in [0.717, 1.165) is 18.6 Å². The number of fused-ring (bicyclic) bond motifs is 1. The predicted octanol–water partition coefficient (Wildman–Crippen LogP) is 3.86. The highest BCUT2D eigenvalue weighted by Crippen LogP contribution is 2.25. The number of nitrogens with one attached hydrogen (secondary N) is 1. The highest BCUT2D eigenvalue weighted by molar-refractivity contribution is 5.77. The Bertz CT molecular complexity index is 681. The SMILES string of the molecule is C[C@H](CNC(=O)COc1ccc2c(c1)CCCC2)c1ccccc1. The maximum absolute atomic E-state index is 12.0. The van der Waals surface area contributed by atoms with E-state index in [9.17, 15) is 4.79 Å². The van der Waals surface area contributed by atoms with Gasteiger partial charge in [-0.05, 0) is 60.4 Å². The van der Waals surface area contributed by atoms with Gasteiger partial charge in [0, 0.05) is 6.54 Å². The zero-order valence-corrected chi connectivity index (χ0v) is 14.3. The van der Waals surface area contributed by atoms with Crippen LogP contribution in [-0.2, 0) is 17.6 Å². The van der Waals surface area contributed by atoms with Crippen LogP contribution in [0.15, 0.2) is 48.5 Å². The smallest absolute Gasteiger partial charge is 0.257 e. The summed E-state index contributed by atoms with van der Waals surface area (Å²) in [5, 5.41) is 2.95. The molecule has 1 atom stereocenters. The first kappa shape index (κ1) is 16.6. The Morgan fingerprint density at radius 1 is 1.08 bits per heavy atom. The number of hydrogen-bond acceptors (Lipinski definition) is 2. The Morgan fingerprint density at radius 2 is 1.83 bits per heavy atom. The summed E-state index contributed by atoms with van der Waals surface area (Å²) in [7, 11) is 0. The maximum Gasteiger partial charge on any atom is 0.257 e. The number of amides is 1. The number of carbonyl (C=O) groups is 1. The average molecular weight is 323 g/mol. The van der Waals surface area contributed by atoms with E-state index in [-0.39, 0.29) is 12.5 Å². The van der Waals surface area contributed by atoms with E-state index in [2.05, 4.69) is 36.5 Å². The first-order valence-corrected chi connectivity index (χ1v) is 8.78. The molecule has 1 N–H and O–H groups in total. The molecule has 3 rings (SSSR count). The number of aryl methyl sites for hydroxylation is 2. The van der Waals surface area contributed by atoms with Crippen molar-refractivity contribution in [3.8, 4) is 5.75 Å². The molecule has 3 nitrogen and oxygen atoms in total. The molecule has 2 aromatic rings. The molecule has 2 aromatic carbocycles. The van der Waals surface area contributed by atoms with Crippen LogP contribution >= 0.6 is 0 Å². The molecule has 0 fully saturated rings. The van der Waals surface area contributed by atoms with Gasteiger partial charge in [0.25, 0.3) is 5.91 Å². The van der Waals surface area contributed by atoms with Gasteiger partial charge in [-0.15, -0.1) is 0 Å². The van der Waals surface area contributed by atoms with Crippen molar-refractivity contribution in [2.75, 3.05) is 13.2 Å². The van der Waals surface area contributed by atoms with Crippen molar-refractivity contribution in [3.63, 3.8) is 0 Å². The summed E-state index contributed by atoms with van der Waals surface area (Å²) in [5.41, 5.74) is 4.03. The summed E-state index contributed by atoms with van der Waals surface area (Å²) in [6.45, 7) is 2.80. The van der Waals surface area contributed by atoms with Crippen molar-refractivity contribution >= 4 is 5.91 Å². The van der Waals surface area contributed by atoms with Gasteiger partial charge in [0.15, 0.2) is 6.61 Å². The van der Waals surface area contributed by atoms with E-state index in [0.29, 0.717) is 12.5 Å². The lowest BCUT2D eigenvalue weighted by atomic mass is 9.92. The van der Waals surface area contributed by atoms with Crippen LogP contribution in [0.3, 0.4) is 0 Å². The second-order valence-electron chi connectivity index (χ2n) is 6.54. The van der Waals surface area contributed by atoms with Gasteiger partial charge in [0.2, 0.25) is 0 Å². The Morgan fingerprint density at radius 3 is 2.62 bits per heavy atom. The van der Waals surface area contributed by atoms with E-state index < -0.39 is 0 Å². The highest BCUT2D eigenvalue weighted by atomic mass is 16.5. The number of benzene rings is 2. The van der Waals surface area contributed by atoms with Gasteiger partial charge < -0.3 is 10.1 Å². The van der Waals surface area contributed by atoms with Crippen molar-refractivity contribution in [1.82, 2.24) is 5.32 Å². The summed E-state index contributed by atoms with van der Waals surface area (Å²) >= 11 is 0. The molecule has 24 heavy (non-hydrogen) atoms. The molecule has 0 saturated carbocycles. The zero-order valence-electron chi connectivity index (χ0n) is 14.3. The van der Waals surface area contributed by atoms with Crippen LogP contribution in [0, 0.1) is 0 Å². The largest absolute Gasteiger partial charge is 0.484 e. The van der Waals surface area contributed by atoms with E-state index in [4.69, 9.17) is 4.74 Å². The number of hydrogen-bond donors (Lipinski definition) is 1. The fourth-order valence-corrected chi connectivity index (χ4v) is 3.17. The lowest BCUT2D eigenvalue weighted by Gasteiger charge is -2.17. The van der Waals surface area contributed by atoms with Crippen LogP contribution < -0.4 is 10.1 Å². The standard InChI is InChI=1S/C21H25NO2/c1-16(17-7-3-2-4-8-17)14-22-21(23)15-24-20-12-11-18-9-5-6-10-19(18)13-20/h2-4,7-8,11-13,16H,5-6,9-10,14-15H2,1H3,(H,22,23)/t16-/m1/s1. The van der Waals surface area contributed by atoms with E-state index in [1.54, 1.807) is 0 Å². The molecule has 126 valence electrons. The third-order valence-corrected chi connectivity index (χ3v) is 4.66. The third-order valence-electron chi connectivity index (χ3n) is 4.66. The molecule has 0 aliphatic heterocycles. The quantitative estimate of drug-likeness (QED) is 0.876. The molecule has 0 bridgehead atoms. The number of rotatable bonds is 6. The topological polar surface area (TPSA) is 38.3 Å². The maximum atomic E-state index is 12.0. The monoisotopic (exact) mass is 323 g/mol. The van der Waals surface area contributed by atoms with Crippen LogP contribution in [0.5, 0.6) is 5.75 Å². The second-order valence-corrected chi connectivity index (χ2v) is 6.54. The molecule has 1 aliphatic carbocycles. The predicted molar refractivity (Wildman–Crippen MR) is 96.4 cm³/mol. The molecule has 1 aliphatic rings. The van der Waals surface area contributed by atoms with Crippen LogP contribution in [0.1, 0.15) is 42.4 Å². The first-order chi connectivity index (χ1) is 11.7. The third kappa shape index (κ3) is 4.38. The summed E-state index contributed by atoms with van der Waals surface area (Å²) in [6.07, 6.45) is 4.80. The van der Waals surface area contributed by atoms with Crippen molar-refractivity contribution in [2.45, 2.75) is 38.5 Å². The van der Waals surface area contributed by atoms with E-state index >= 15 is 0 Å². The summed E-state index contributed by atoms with van der Waals surface area (Å²) in [6, 6.07) is 16.4. The molecule has 1 amide bonds. The lowest BCUT2D eigenvalue weighted by Crippen LogP contribution is -2.31. The van der Waals surface area contributed by atoms with Crippen molar-refractivity contribution < 1.29 is 9.53 Å². The van der Waals surface area contributed by atoms with Gasteiger partial charge in [-0.25, -0.2) is 0 Å². The van der Waals surface area contributed by atoms with Gasteiger partial charge in [-0.1, -0.05) is 43.3 Å². The Balaban J connectivity index is 1.46. The minimum atomic E-state index is -0.0736. The molecule has 0 spiro atoms. The molecule has 0 unspecified atom stereocenters. The fraction of sp³-hybridized carbons (Fsp3) is 0.381. The van der Waals surface area contributed by atoms with Crippen LogP contribution in [0.2, 0.25) is 0 Å². The molecule has 0 radical (unpaired) electrons. The van der Waals surface area contributed by atoms with Crippen molar-refractivity contribution in [2.24, 2.45) is 0 Å². The Kier molecular flexibility index (Phi) is 5.52. The first-order valence-electron chi connectivity index (χ1n) is 8.78. The summed E-state index contributed by atoms with van der Waals surface area (Å²) in [4.78, 5) is 12.0. The fourth-order valence-electron chi connectivity index (χ4n) is 3.17. The Hall–Kier alpha value is -2.29. The molecule has 0 saturated heterocycles. The summed E-state index contributed by atoms with van der Waals surface area (Å²) in [5.74, 6) is 1.01. The van der Waals surface area contributed by atoms with Gasteiger partial charge in [0.05, 0.1) is 0 Å². The minimum Gasteiger partial charge on any atom is -0.484 e. The van der Waals surface area contributed by atoms with Gasteiger partial charge >= 0.3 is 0 Å². The molecular weight excluding hydrogens is 298 g/mol. The van der Waals surface area contributed by atoms with Crippen LogP contribution in [0.4, 0.5) is 0 Å². The number of carbonyl (C=O) groups excluding carboxylic acids is 1. The molecule has 3 heteroatoms. The van der Waals surface area contributed by atoms with Crippen molar-refractivity contribution in [3.05, 3.63) is 65.2 Å². The highest BCUT2D eigenvalue weighted by Gasteiger charge is 2.11. The average Bonchev–Trinajstić information content (AvgIpc) is 2.65.